The van der Waals surface area contributed by atoms with Crippen LogP contribution >= 0.6 is 0 Å². The number of carbonyl (C=O) groups is 1. The number of nitrogens with zero attached hydrogens (tertiary/aromatic N) is 1. The van der Waals surface area contributed by atoms with Crippen molar-refractivity contribution in [2.75, 3.05) is 13.1 Å². The molecule has 1 rings (SSSR count). The zero-order valence-corrected chi connectivity index (χ0v) is 9.55. The summed E-state index contributed by atoms with van der Waals surface area (Å²) in [4.78, 5) is 13.4. The Kier molecular flexibility index (Phi) is 3.53. The van der Waals surface area contributed by atoms with Crippen LogP contribution in [0.2, 0.25) is 0 Å². The average molecular weight is 198 g/mol. The monoisotopic (exact) mass is 198 g/mol. The van der Waals surface area contributed by atoms with E-state index in [1.54, 1.807) is 0 Å². The second-order valence-corrected chi connectivity index (χ2v) is 5.45. The Balaban J connectivity index is 2.39. The molecule has 0 radical (unpaired) electrons. The normalized spacial score (nSPS) is 24.1. The fraction of sp³-hybridized carbons (Fsp3) is 0.909. The Morgan fingerprint density at radius 2 is 2.14 bits per heavy atom. The van der Waals surface area contributed by atoms with Gasteiger partial charge in [0.05, 0.1) is 0 Å². The number of hydrogen-bond acceptors (Lipinski definition) is 2. The zero-order chi connectivity index (χ0) is 10.8. The first kappa shape index (κ1) is 11.5. The van der Waals surface area contributed by atoms with Crippen molar-refractivity contribution in [3.63, 3.8) is 0 Å². The second-order valence-electron chi connectivity index (χ2n) is 5.45. The van der Waals surface area contributed by atoms with Crippen molar-refractivity contribution in [1.82, 2.24) is 4.90 Å². The van der Waals surface area contributed by atoms with Crippen LogP contribution in [0.1, 0.15) is 40.0 Å². The Hall–Kier alpha value is -0.570. The Labute approximate surface area is 86.6 Å². The minimum Gasteiger partial charge on any atom is -0.341 e. The van der Waals surface area contributed by atoms with Gasteiger partial charge >= 0.3 is 0 Å². The number of piperidine rings is 1. The maximum atomic E-state index is 11.5. The van der Waals surface area contributed by atoms with Crippen LogP contribution in [0.4, 0.5) is 0 Å². The topological polar surface area (TPSA) is 46.3 Å². The summed E-state index contributed by atoms with van der Waals surface area (Å²) in [7, 11) is 0. The minimum absolute atomic E-state index is 0.188. The summed E-state index contributed by atoms with van der Waals surface area (Å²) in [6.07, 6.45) is 2.53. The van der Waals surface area contributed by atoms with E-state index in [-0.39, 0.29) is 11.9 Å². The smallest absolute Gasteiger partial charge is 0.222 e. The van der Waals surface area contributed by atoms with Gasteiger partial charge in [0.15, 0.2) is 0 Å². The Morgan fingerprint density at radius 1 is 1.50 bits per heavy atom. The van der Waals surface area contributed by atoms with Gasteiger partial charge in [0.25, 0.3) is 0 Å². The molecule has 1 aliphatic heterocycles. The van der Waals surface area contributed by atoms with Gasteiger partial charge in [-0.15, -0.1) is 0 Å². The minimum atomic E-state index is 0.188. The molecule has 0 aromatic carbocycles. The molecule has 14 heavy (non-hydrogen) atoms. The maximum absolute atomic E-state index is 11.5. The van der Waals surface area contributed by atoms with E-state index < -0.39 is 0 Å². The van der Waals surface area contributed by atoms with Gasteiger partial charge in [0.2, 0.25) is 5.91 Å². The van der Waals surface area contributed by atoms with Gasteiger partial charge in [0, 0.05) is 25.6 Å². The third-order valence-electron chi connectivity index (χ3n) is 2.67. The summed E-state index contributed by atoms with van der Waals surface area (Å²) in [5.74, 6) is 0.274. The summed E-state index contributed by atoms with van der Waals surface area (Å²) in [5, 5.41) is 0. The zero-order valence-electron chi connectivity index (χ0n) is 9.55. The molecule has 82 valence electrons. The average Bonchev–Trinajstić information content (AvgIpc) is 2.05. The van der Waals surface area contributed by atoms with Crippen LogP contribution in [0.25, 0.3) is 0 Å². The molecule has 1 aliphatic rings. The first-order valence-electron chi connectivity index (χ1n) is 5.42. The molecule has 1 amide bonds. The van der Waals surface area contributed by atoms with Crippen LogP contribution in [0, 0.1) is 5.41 Å². The van der Waals surface area contributed by atoms with Crippen LogP contribution in [0.3, 0.4) is 0 Å². The van der Waals surface area contributed by atoms with Crippen molar-refractivity contribution in [2.24, 2.45) is 11.1 Å². The summed E-state index contributed by atoms with van der Waals surface area (Å²) < 4.78 is 0. The molecule has 0 bridgehead atoms. The van der Waals surface area contributed by atoms with Crippen LogP contribution in [-0.4, -0.2) is 29.9 Å². The van der Waals surface area contributed by atoms with Crippen molar-refractivity contribution in [1.29, 1.82) is 0 Å². The molecular formula is C11H22N2O. The largest absolute Gasteiger partial charge is 0.341 e. The fourth-order valence-electron chi connectivity index (χ4n) is 1.63. The van der Waals surface area contributed by atoms with Crippen molar-refractivity contribution in [2.45, 2.75) is 46.1 Å². The van der Waals surface area contributed by atoms with E-state index in [9.17, 15) is 4.79 Å². The first-order valence-corrected chi connectivity index (χ1v) is 5.42. The summed E-state index contributed by atoms with van der Waals surface area (Å²) >= 11 is 0. The van der Waals surface area contributed by atoms with E-state index in [4.69, 9.17) is 5.73 Å². The standard InChI is InChI=1S/C11H22N2O/c1-11(2,3)6-7-13-8-9(12)4-5-10(13)14/h9H,4-8,12H2,1-3H3. The van der Waals surface area contributed by atoms with Gasteiger partial charge in [-0.1, -0.05) is 20.8 Å². The predicted molar refractivity (Wildman–Crippen MR) is 57.9 cm³/mol. The SMILES string of the molecule is CC(C)(C)CCN1CC(N)CCC1=O. The second kappa shape index (κ2) is 4.30. The lowest BCUT2D eigenvalue weighted by Crippen LogP contribution is -2.46. The third-order valence-corrected chi connectivity index (χ3v) is 2.67. The summed E-state index contributed by atoms with van der Waals surface area (Å²) in [6, 6.07) is 0.188. The molecule has 2 N–H and O–H groups in total. The van der Waals surface area contributed by atoms with Crippen LogP contribution in [0.5, 0.6) is 0 Å². The van der Waals surface area contributed by atoms with Crippen LogP contribution in [-0.2, 0) is 4.79 Å². The maximum Gasteiger partial charge on any atom is 0.222 e. The van der Waals surface area contributed by atoms with E-state index in [0.29, 0.717) is 11.8 Å². The first-order chi connectivity index (χ1) is 6.38. The van der Waals surface area contributed by atoms with E-state index in [2.05, 4.69) is 20.8 Å². The lowest BCUT2D eigenvalue weighted by atomic mass is 9.91. The van der Waals surface area contributed by atoms with Gasteiger partial charge in [0.1, 0.15) is 0 Å². The molecule has 0 aromatic heterocycles. The highest BCUT2D eigenvalue weighted by atomic mass is 16.2. The highest BCUT2D eigenvalue weighted by Crippen LogP contribution is 2.20. The quantitative estimate of drug-likeness (QED) is 0.728. The van der Waals surface area contributed by atoms with Gasteiger partial charge in [-0.3, -0.25) is 4.79 Å². The molecule has 1 fully saturated rings. The van der Waals surface area contributed by atoms with Crippen LogP contribution < -0.4 is 5.73 Å². The molecule has 1 heterocycles. The number of hydrogen-bond donors (Lipinski definition) is 1. The number of carbonyl (C=O) groups excluding carboxylic acids is 1. The van der Waals surface area contributed by atoms with E-state index >= 15 is 0 Å². The van der Waals surface area contributed by atoms with Gasteiger partial charge in [-0.05, 0) is 18.3 Å². The van der Waals surface area contributed by atoms with Crippen molar-refractivity contribution < 1.29 is 4.79 Å². The lowest BCUT2D eigenvalue weighted by Gasteiger charge is -2.32. The van der Waals surface area contributed by atoms with Crippen molar-refractivity contribution in [3.05, 3.63) is 0 Å². The molecular weight excluding hydrogens is 176 g/mol. The lowest BCUT2D eigenvalue weighted by molar-refractivity contribution is -0.134. The predicted octanol–water partition coefficient (Wildman–Crippen LogP) is 1.37. The van der Waals surface area contributed by atoms with E-state index in [0.717, 1.165) is 25.9 Å². The highest BCUT2D eigenvalue weighted by Gasteiger charge is 2.24. The fourth-order valence-corrected chi connectivity index (χ4v) is 1.63. The molecule has 0 aliphatic carbocycles. The Bertz CT molecular complexity index is 208. The van der Waals surface area contributed by atoms with Crippen molar-refractivity contribution in [3.8, 4) is 0 Å². The Morgan fingerprint density at radius 3 is 2.71 bits per heavy atom. The molecule has 0 aromatic rings. The summed E-state index contributed by atoms with van der Waals surface area (Å²) in [5.41, 5.74) is 6.13. The highest BCUT2D eigenvalue weighted by molar-refractivity contribution is 5.77. The number of rotatable bonds is 2. The van der Waals surface area contributed by atoms with Gasteiger partial charge in [-0.2, -0.15) is 0 Å². The number of amides is 1. The number of nitrogens with two attached hydrogens (primary N) is 1. The molecule has 1 atom stereocenters. The van der Waals surface area contributed by atoms with E-state index in [1.807, 2.05) is 4.90 Å². The molecule has 0 saturated carbocycles. The van der Waals surface area contributed by atoms with Crippen LogP contribution in [0.15, 0.2) is 0 Å². The van der Waals surface area contributed by atoms with Crippen molar-refractivity contribution >= 4 is 5.91 Å². The molecule has 1 unspecified atom stereocenters. The summed E-state index contributed by atoms with van der Waals surface area (Å²) in [6.45, 7) is 8.19. The van der Waals surface area contributed by atoms with Gasteiger partial charge in [-0.25, -0.2) is 0 Å². The molecule has 3 nitrogen and oxygen atoms in total. The third kappa shape index (κ3) is 3.66. The molecule has 3 heteroatoms. The van der Waals surface area contributed by atoms with E-state index in [1.165, 1.54) is 0 Å². The molecule has 0 spiro atoms. The number of likely N-dealkylation sites (tertiary alicyclic amines) is 1. The molecule has 1 saturated heterocycles. The van der Waals surface area contributed by atoms with Gasteiger partial charge < -0.3 is 10.6 Å².